The first-order valence-electron chi connectivity index (χ1n) is 6.78. The molecule has 0 bridgehead atoms. The van der Waals surface area contributed by atoms with E-state index in [0.717, 1.165) is 9.75 Å². The SMILES string of the molecule is Cc1ccc(C2=N/C(=C\c3ccc(C)c([N+](=O)[O-])c3)C(=O)O2)s1. The Balaban J connectivity index is 1.96. The summed E-state index contributed by atoms with van der Waals surface area (Å²) in [6, 6.07) is 8.51. The number of nitro groups is 1. The topological polar surface area (TPSA) is 81.8 Å². The van der Waals surface area contributed by atoms with Gasteiger partial charge in [0.1, 0.15) is 0 Å². The van der Waals surface area contributed by atoms with Gasteiger partial charge in [0.2, 0.25) is 5.90 Å². The van der Waals surface area contributed by atoms with E-state index in [1.165, 1.54) is 23.5 Å². The molecule has 116 valence electrons. The highest BCUT2D eigenvalue weighted by Gasteiger charge is 2.25. The van der Waals surface area contributed by atoms with Gasteiger partial charge in [0, 0.05) is 16.5 Å². The van der Waals surface area contributed by atoms with E-state index >= 15 is 0 Å². The third-order valence-corrected chi connectivity index (χ3v) is 4.29. The number of hydrogen-bond donors (Lipinski definition) is 0. The van der Waals surface area contributed by atoms with E-state index in [1.807, 2.05) is 19.1 Å². The minimum Gasteiger partial charge on any atom is -0.401 e. The van der Waals surface area contributed by atoms with Gasteiger partial charge in [-0.3, -0.25) is 10.1 Å². The van der Waals surface area contributed by atoms with Crippen molar-refractivity contribution in [3.8, 4) is 0 Å². The fraction of sp³-hybridized carbons (Fsp3) is 0.125. The van der Waals surface area contributed by atoms with Gasteiger partial charge in [-0.15, -0.1) is 11.3 Å². The zero-order valence-corrected chi connectivity index (χ0v) is 13.2. The van der Waals surface area contributed by atoms with E-state index in [9.17, 15) is 14.9 Å². The van der Waals surface area contributed by atoms with Crippen molar-refractivity contribution in [3.05, 3.63) is 67.0 Å². The molecule has 0 radical (unpaired) electrons. The lowest BCUT2D eigenvalue weighted by atomic mass is 10.1. The molecule has 0 atom stereocenters. The molecule has 1 aliphatic rings. The van der Waals surface area contributed by atoms with Crippen molar-refractivity contribution < 1.29 is 14.5 Å². The Morgan fingerprint density at radius 3 is 2.70 bits per heavy atom. The van der Waals surface area contributed by atoms with Crippen LogP contribution >= 0.6 is 11.3 Å². The number of aliphatic imine (C=N–C) groups is 1. The molecule has 0 aliphatic carbocycles. The molecule has 1 aromatic carbocycles. The van der Waals surface area contributed by atoms with Crippen LogP contribution in [-0.2, 0) is 9.53 Å². The molecular formula is C16H12N2O4S. The Kier molecular flexibility index (Phi) is 3.79. The third kappa shape index (κ3) is 3.04. The first-order chi connectivity index (χ1) is 10.9. The van der Waals surface area contributed by atoms with Crippen LogP contribution in [0.15, 0.2) is 41.0 Å². The molecule has 23 heavy (non-hydrogen) atoms. The molecule has 0 unspecified atom stereocenters. The molecule has 7 heteroatoms. The maximum absolute atomic E-state index is 11.9. The normalized spacial score (nSPS) is 15.7. The average molecular weight is 328 g/mol. The molecule has 1 aliphatic heterocycles. The number of hydrogen-bond acceptors (Lipinski definition) is 6. The lowest BCUT2D eigenvalue weighted by molar-refractivity contribution is -0.385. The van der Waals surface area contributed by atoms with Crippen LogP contribution in [0, 0.1) is 24.0 Å². The van der Waals surface area contributed by atoms with E-state index in [4.69, 9.17) is 4.74 Å². The quantitative estimate of drug-likeness (QED) is 0.373. The summed E-state index contributed by atoms with van der Waals surface area (Å²) in [7, 11) is 0. The van der Waals surface area contributed by atoms with Crippen molar-refractivity contribution in [1.82, 2.24) is 0 Å². The number of thiophene rings is 1. The number of cyclic esters (lactones) is 1. The highest BCUT2D eigenvalue weighted by molar-refractivity contribution is 7.14. The molecular weight excluding hydrogens is 316 g/mol. The number of ether oxygens (including phenoxy) is 1. The number of nitrogens with zero attached hydrogens (tertiary/aromatic N) is 2. The van der Waals surface area contributed by atoms with Gasteiger partial charge in [-0.1, -0.05) is 12.1 Å². The molecule has 6 nitrogen and oxygen atoms in total. The summed E-state index contributed by atoms with van der Waals surface area (Å²) in [5.41, 5.74) is 1.22. The number of nitro benzene ring substituents is 1. The van der Waals surface area contributed by atoms with Gasteiger partial charge in [0.25, 0.3) is 5.69 Å². The monoisotopic (exact) mass is 328 g/mol. The summed E-state index contributed by atoms with van der Waals surface area (Å²) < 4.78 is 5.17. The molecule has 0 saturated heterocycles. The fourth-order valence-electron chi connectivity index (χ4n) is 2.13. The van der Waals surface area contributed by atoms with Crippen LogP contribution in [-0.4, -0.2) is 16.8 Å². The highest BCUT2D eigenvalue weighted by Crippen LogP contribution is 2.25. The van der Waals surface area contributed by atoms with Gasteiger partial charge >= 0.3 is 5.97 Å². The number of carbonyl (C=O) groups is 1. The first-order valence-corrected chi connectivity index (χ1v) is 7.60. The number of rotatable bonds is 3. The second-order valence-electron chi connectivity index (χ2n) is 5.05. The minimum absolute atomic E-state index is 0.00352. The molecule has 0 saturated carbocycles. The van der Waals surface area contributed by atoms with Crippen molar-refractivity contribution in [1.29, 1.82) is 0 Å². The molecule has 2 aromatic rings. The fourth-order valence-corrected chi connectivity index (χ4v) is 2.93. The van der Waals surface area contributed by atoms with Gasteiger partial charge in [-0.25, -0.2) is 9.79 Å². The number of esters is 1. The van der Waals surface area contributed by atoms with E-state index in [-0.39, 0.29) is 17.3 Å². The number of carbonyl (C=O) groups excluding carboxylic acids is 1. The molecule has 0 N–H and O–H groups in total. The minimum atomic E-state index is -0.561. The van der Waals surface area contributed by atoms with Gasteiger partial charge in [-0.05, 0) is 37.6 Å². The van der Waals surface area contributed by atoms with Gasteiger partial charge in [0.15, 0.2) is 5.70 Å². The molecule has 0 spiro atoms. The molecule has 3 rings (SSSR count). The Morgan fingerprint density at radius 1 is 1.26 bits per heavy atom. The maximum Gasteiger partial charge on any atom is 0.363 e. The van der Waals surface area contributed by atoms with Crippen LogP contribution in [0.1, 0.15) is 20.9 Å². The largest absolute Gasteiger partial charge is 0.401 e. The second kappa shape index (κ2) is 5.77. The third-order valence-electron chi connectivity index (χ3n) is 3.30. The average Bonchev–Trinajstić information content (AvgIpc) is 3.07. The summed E-state index contributed by atoms with van der Waals surface area (Å²) in [6.07, 6.45) is 1.49. The lowest BCUT2D eigenvalue weighted by Crippen LogP contribution is -2.03. The van der Waals surface area contributed by atoms with Crippen LogP contribution in [0.3, 0.4) is 0 Å². The maximum atomic E-state index is 11.9. The molecule has 2 heterocycles. The van der Waals surface area contributed by atoms with E-state index in [0.29, 0.717) is 11.1 Å². The van der Waals surface area contributed by atoms with Gasteiger partial charge < -0.3 is 4.74 Å². The van der Waals surface area contributed by atoms with Crippen LogP contribution < -0.4 is 0 Å². The predicted molar refractivity (Wildman–Crippen MR) is 87.5 cm³/mol. The van der Waals surface area contributed by atoms with Crippen molar-refractivity contribution in [2.24, 2.45) is 4.99 Å². The van der Waals surface area contributed by atoms with Crippen LogP contribution in [0.25, 0.3) is 6.08 Å². The van der Waals surface area contributed by atoms with Gasteiger partial charge in [-0.2, -0.15) is 0 Å². The highest BCUT2D eigenvalue weighted by atomic mass is 32.1. The standard InChI is InChI=1S/C16H12N2O4S/c1-9-3-5-11(8-13(9)18(20)21)7-12-16(19)22-15(17-12)14-6-4-10(2)23-14/h3-8H,1-2H3/b12-7-. The number of benzene rings is 1. The van der Waals surface area contributed by atoms with Crippen molar-refractivity contribution in [2.45, 2.75) is 13.8 Å². The Labute approximate surface area is 135 Å². The summed E-state index contributed by atoms with van der Waals surface area (Å²) in [4.78, 5) is 28.5. The van der Waals surface area contributed by atoms with E-state index in [1.54, 1.807) is 19.1 Å². The summed E-state index contributed by atoms with van der Waals surface area (Å²) in [5.74, 6) is -0.296. The first kappa shape index (κ1) is 15.1. The lowest BCUT2D eigenvalue weighted by Gasteiger charge is -1.98. The van der Waals surface area contributed by atoms with Crippen LogP contribution in [0.2, 0.25) is 0 Å². The predicted octanol–water partition coefficient (Wildman–Crippen LogP) is 3.62. The van der Waals surface area contributed by atoms with Gasteiger partial charge in [0.05, 0.1) is 9.80 Å². The van der Waals surface area contributed by atoms with Crippen LogP contribution in [0.4, 0.5) is 5.69 Å². The molecule has 0 fully saturated rings. The van der Waals surface area contributed by atoms with E-state index < -0.39 is 10.9 Å². The summed E-state index contributed by atoms with van der Waals surface area (Å²) >= 11 is 1.48. The Bertz CT molecular complexity index is 880. The van der Waals surface area contributed by atoms with Crippen molar-refractivity contribution in [3.63, 3.8) is 0 Å². The Morgan fingerprint density at radius 2 is 2.04 bits per heavy atom. The summed E-state index contributed by atoms with van der Waals surface area (Å²) in [6.45, 7) is 3.61. The molecule has 0 amide bonds. The van der Waals surface area contributed by atoms with Crippen LogP contribution in [0.5, 0.6) is 0 Å². The van der Waals surface area contributed by atoms with E-state index in [2.05, 4.69) is 4.99 Å². The summed E-state index contributed by atoms with van der Waals surface area (Å²) in [5, 5.41) is 11.0. The smallest absolute Gasteiger partial charge is 0.363 e. The Hall–Kier alpha value is -2.80. The zero-order chi connectivity index (χ0) is 16.6. The zero-order valence-electron chi connectivity index (χ0n) is 12.4. The molecule has 1 aromatic heterocycles. The van der Waals surface area contributed by atoms with Crippen molar-refractivity contribution in [2.75, 3.05) is 0 Å². The van der Waals surface area contributed by atoms with Crippen molar-refractivity contribution >= 4 is 35.0 Å². The second-order valence-corrected chi connectivity index (χ2v) is 6.34. The number of aryl methyl sites for hydroxylation is 2.